The van der Waals surface area contributed by atoms with Crippen LogP contribution in [0.15, 0.2) is 90.5 Å². The monoisotopic (exact) mass is 290 g/mol. The molecular formula is C20H18O2. The Hall–Kier alpha value is -2.87. The van der Waals surface area contributed by atoms with E-state index in [4.69, 9.17) is 0 Å². The topological polar surface area (TPSA) is 37.3 Å². The maximum Gasteiger partial charge on any atom is 0.335 e. The highest BCUT2D eigenvalue weighted by molar-refractivity contribution is 5.92. The molecule has 0 radical (unpaired) electrons. The van der Waals surface area contributed by atoms with Crippen molar-refractivity contribution in [3.8, 4) is 0 Å². The maximum absolute atomic E-state index is 11.3. The van der Waals surface area contributed by atoms with Gasteiger partial charge in [0.05, 0.1) is 5.57 Å². The van der Waals surface area contributed by atoms with Crippen LogP contribution in [0.1, 0.15) is 18.1 Å². The summed E-state index contributed by atoms with van der Waals surface area (Å²) in [6.45, 7) is 5.41. The van der Waals surface area contributed by atoms with Crippen molar-refractivity contribution in [3.63, 3.8) is 0 Å². The minimum absolute atomic E-state index is 0.212. The maximum atomic E-state index is 11.3. The number of hydrogen-bond acceptors (Lipinski definition) is 1. The summed E-state index contributed by atoms with van der Waals surface area (Å²) in [6.07, 6.45) is 3.45. The SMILES string of the molecule is C=C(C)/C(=C/C=C(c1ccccc1)c1ccccc1)C(=O)O. The van der Waals surface area contributed by atoms with E-state index in [1.165, 1.54) is 0 Å². The van der Waals surface area contributed by atoms with Crippen molar-refractivity contribution in [2.24, 2.45) is 0 Å². The second kappa shape index (κ2) is 7.23. The zero-order chi connectivity index (χ0) is 15.9. The van der Waals surface area contributed by atoms with Gasteiger partial charge < -0.3 is 5.11 Å². The molecule has 0 spiro atoms. The van der Waals surface area contributed by atoms with Gasteiger partial charge in [0.25, 0.3) is 0 Å². The van der Waals surface area contributed by atoms with Gasteiger partial charge in [-0.1, -0.05) is 73.3 Å². The number of hydrogen-bond donors (Lipinski definition) is 1. The first-order valence-corrected chi connectivity index (χ1v) is 7.01. The van der Waals surface area contributed by atoms with Crippen molar-refractivity contribution in [3.05, 3.63) is 102 Å². The zero-order valence-electron chi connectivity index (χ0n) is 12.5. The number of carboxylic acids is 1. The van der Waals surface area contributed by atoms with E-state index in [-0.39, 0.29) is 5.57 Å². The fraction of sp³-hybridized carbons (Fsp3) is 0.0500. The first kappa shape index (κ1) is 15.5. The van der Waals surface area contributed by atoms with Gasteiger partial charge in [0, 0.05) is 0 Å². The Morgan fingerprint density at radius 1 is 0.909 bits per heavy atom. The standard InChI is InChI=1S/C20H18O2/c1-15(2)18(20(21)22)13-14-19(16-9-5-3-6-10-16)17-11-7-4-8-12-17/h3-14H,1H2,2H3,(H,21,22)/b18-13-. The Balaban J connectivity index is 2.55. The Morgan fingerprint density at radius 3 is 1.73 bits per heavy atom. The number of rotatable bonds is 5. The van der Waals surface area contributed by atoms with Gasteiger partial charge in [-0.05, 0) is 35.3 Å². The van der Waals surface area contributed by atoms with Crippen LogP contribution in [0, 0.1) is 0 Å². The van der Waals surface area contributed by atoms with Crippen LogP contribution in [-0.2, 0) is 4.79 Å². The third-order valence-electron chi connectivity index (χ3n) is 3.28. The molecule has 0 aliphatic carbocycles. The number of benzene rings is 2. The number of carbonyl (C=O) groups is 1. The summed E-state index contributed by atoms with van der Waals surface area (Å²) < 4.78 is 0. The normalized spacial score (nSPS) is 10.9. The molecule has 110 valence electrons. The van der Waals surface area contributed by atoms with Gasteiger partial charge in [0.15, 0.2) is 0 Å². The first-order chi connectivity index (χ1) is 10.6. The van der Waals surface area contributed by atoms with E-state index in [2.05, 4.69) is 6.58 Å². The molecule has 0 aliphatic heterocycles. The fourth-order valence-corrected chi connectivity index (χ4v) is 2.16. The third-order valence-corrected chi connectivity index (χ3v) is 3.28. The molecule has 0 saturated carbocycles. The van der Waals surface area contributed by atoms with Crippen molar-refractivity contribution < 1.29 is 9.90 Å². The molecule has 0 saturated heterocycles. The second-order valence-electron chi connectivity index (χ2n) is 4.98. The fourth-order valence-electron chi connectivity index (χ4n) is 2.16. The van der Waals surface area contributed by atoms with E-state index in [1.807, 2.05) is 66.7 Å². The molecule has 2 heteroatoms. The zero-order valence-corrected chi connectivity index (χ0v) is 12.5. The van der Waals surface area contributed by atoms with Crippen molar-refractivity contribution in [2.75, 3.05) is 0 Å². The first-order valence-electron chi connectivity index (χ1n) is 7.01. The summed E-state index contributed by atoms with van der Waals surface area (Å²) in [5, 5.41) is 9.24. The van der Waals surface area contributed by atoms with Crippen LogP contribution in [0.5, 0.6) is 0 Å². The molecule has 2 nitrogen and oxygen atoms in total. The van der Waals surface area contributed by atoms with Gasteiger partial charge in [-0.3, -0.25) is 0 Å². The minimum Gasteiger partial charge on any atom is -0.478 e. The molecule has 0 bridgehead atoms. The van der Waals surface area contributed by atoms with Crippen molar-refractivity contribution in [1.29, 1.82) is 0 Å². The molecule has 1 N–H and O–H groups in total. The van der Waals surface area contributed by atoms with Crippen molar-refractivity contribution in [1.82, 2.24) is 0 Å². The van der Waals surface area contributed by atoms with Crippen LogP contribution in [0.3, 0.4) is 0 Å². The lowest BCUT2D eigenvalue weighted by Crippen LogP contribution is -2.00. The summed E-state index contributed by atoms with van der Waals surface area (Å²) in [5.41, 5.74) is 3.79. The Bertz CT molecular complexity index is 665. The summed E-state index contributed by atoms with van der Waals surface area (Å²) in [4.78, 5) is 11.3. The molecule has 0 heterocycles. The van der Waals surface area contributed by atoms with Crippen molar-refractivity contribution in [2.45, 2.75) is 6.92 Å². The Morgan fingerprint density at radius 2 is 1.36 bits per heavy atom. The molecule has 2 rings (SSSR count). The molecule has 0 unspecified atom stereocenters. The highest BCUT2D eigenvalue weighted by Crippen LogP contribution is 2.24. The van der Waals surface area contributed by atoms with Crippen molar-refractivity contribution >= 4 is 11.5 Å². The highest BCUT2D eigenvalue weighted by atomic mass is 16.4. The summed E-state index contributed by atoms with van der Waals surface area (Å²) in [7, 11) is 0. The molecule has 2 aromatic carbocycles. The van der Waals surface area contributed by atoms with Crippen LogP contribution >= 0.6 is 0 Å². The molecular weight excluding hydrogens is 272 g/mol. The molecule has 2 aromatic rings. The lowest BCUT2D eigenvalue weighted by molar-refractivity contribution is -0.132. The van der Waals surface area contributed by atoms with Crippen LogP contribution in [0.4, 0.5) is 0 Å². The quantitative estimate of drug-likeness (QED) is 0.640. The number of carboxylic acid groups (broad SMARTS) is 1. The average molecular weight is 290 g/mol. The summed E-state index contributed by atoms with van der Waals surface area (Å²) in [5.74, 6) is -0.968. The van der Waals surface area contributed by atoms with E-state index in [0.717, 1.165) is 16.7 Å². The molecule has 0 amide bonds. The largest absolute Gasteiger partial charge is 0.478 e. The van der Waals surface area contributed by atoms with Gasteiger partial charge in [0.1, 0.15) is 0 Å². The van der Waals surface area contributed by atoms with Gasteiger partial charge in [0.2, 0.25) is 0 Å². The van der Waals surface area contributed by atoms with Gasteiger partial charge in [-0.2, -0.15) is 0 Å². The number of aliphatic carboxylic acids is 1. The van der Waals surface area contributed by atoms with Gasteiger partial charge >= 0.3 is 5.97 Å². The molecule has 0 aromatic heterocycles. The van der Waals surface area contributed by atoms with Gasteiger partial charge in [-0.15, -0.1) is 0 Å². The summed E-state index contributed by atoms with van der Waals surface area (Å²) in [6, 6.07) is 19.8. The van der Waals surface area contributed by atoms with Crippen LogP contribution in [-0.4, -0.2) is 11.1 Å². The van der Waals surface area contributed by atoms with E-state index in [1.54, 1.807) is 13.0 Å². The molecule has 0 atom stereocenters. The van der Waals surface area contributed by atoms with E-state index in [9.17, 15) is 9.90 Å². The molecule has 0 fully saturated rings. The highest BCUT2D eigenvalue weighted by Gasteiger charge is 2.08. The van der Waals surface area contributed by atoms with Gasteiger partial charge in [-0.25, -0.2) is 4.79 Å². The molecule has 0 aliphatic rings. The Labute approximate surface area is 130 Å². The smallest absolute Gasteiger partial charge is 0.335 e. The Kier molecular flexibility index (Phi) is 5.10. The average Bonchev–Trinajstić information content (AvgIpc) is 2.52. The summed E-state index contributed by atoms with van der Waals surface area (Å²) >= 11 is 0. The molecule has 22 heavy (non-hydrogen) atoms. The predicted molar refractivity (Wildman–Crippen MR) is 90.5 cm³/mol. The minimum atomic E-state index is -0.968. The lowest BCUT2D eigenvalue weighted by Gasteiger charge is -2.08. The van der Waals surface area contributed by atoms with E-state index in [0.29, 0.717) is 5.57 Å². The van der Waals surface area contributed by atoms with Crippen LogP contribution in [0.2, 0.25) is 0 Å². The second-order valence-corrected chi connectivity index (χ2v) is 4.98. The third kappa shape index (κ3) is 3.83. The predicted octanol–water partition coefficient (Wildman–Crippen LogP) is 4.71. The lowest BCUT2D eigenvalue weighted by atomic mass is 9.96. The number of allylic oxidation sites excluding steroid dienone is 2. The van der Waals surface area contributed by atoms with E-state index >= 15 is 0 Å². The van der Waals surface area contributed by atoms with Crippen LogP contribution < -0.4 is 0 Å². The van der Waals surface area contributed by atoms with Crippen LogP contribution in [0.25, 0.3) is 5.57 Å². The van der Waals surface area contributed by atoms with E-state index < -0.39 is 5.97 Å².